The van der Waals surface area contributed by atoms with E-state index < -0.39 is 0 Å². The molecule has 3 aromatic rings. The molecule has 2 heterocycles. The smallest absolute Gasteiger partial charge is 0.262 e. The summed E-state index contributed by atoms with van der Waals surface area (Å²) in [5, 5.41) is 3.33. The fraction of sp³-hybridized carbons (Fsp3) is 0.435. The molecule has 5 nitrogen and oxygen atoms in total. The van der Waals surface area contributed by atoms with Crippen LogP contribution in [-0.4, -0.2) is 39.2 Å². The zero-order valence-corrected chi connectivity index (χ0v) is 18.0. The molecule has 4 rings (SSSR count). The Labute approximate surface area is 175 Å². The average Bonchev–Trinajstić information content (AvgIpc) is 2.70. The van der Waals surface area contributed by atoms with E-state index in [1.165, 1.54) is 18.2 Å². The van der Waals surface area contributed by atoms with Crippen molar-refractivity contribution in [2.45, 2.75) is 38.9 Å². The van der Waals surface area contributed by atoms with Gasteiger partial charge >= 0.3 is 0 Å². The fourth-order valence-corrected chi connectivity index (χ4v) is 5.33. The minimum Gasteiger partial charge on any atom is -0.341 e. The molecular formula is C23H27N3O2S. The van der Waals surface area contributed by atoms with Gasteiger partial charge in [0.05, 0.1) is 16.7 Å². The molecule has 0 unspecified atom stereocenters. The molecule has 0 aliphatic carbocycles. The van der Waals surface area contributed by atoms with Crippen molar-refractivity contribution in [1.82, 2.24) is 14.5 Å². The van der Waals surface area contributed by atoms with Crippen molar-refractivity contribution in [3.05, 3.63) is 46.8 Å². The van der Waals surface area contributed by atoms with Crippen molar-refractivity contribution in [2.75, 3.05) is 18.8 Å². The maximum Gasteiger partial charge on any atom is 0.262 e. The maximum atomic E-state index is 13.1. The Morgan fingerprint density at radius 1 is 1.14 bits per heavy atom. The van der Waals surface area contributed by atoms with E-state index in [1.54, 1.807) is 4.57 Å². The topological polar surface area (TPSA) is 55.2 Å². The molecule has 0 spiro atoms. The monoisotopic (exact) mass is 409 g/mol. The molecule has 1 aromatic heterocycles. The Kier molecular flexibility index (Phi) is 5.63. The number of thioether (sulfide) groups is 1. The first-order valence-electron chi connectivity index (χ1n) is 10.3. The van der Waals surface area contributed by atoms with Crippen molar-refractivity contribution in [1.29, 1.82) is 0 Å². The number of hydrogen-bond donors (Lipinski definition) is 0. The van der Waals surface area contributed by atoms with Gasteiger partial charge in [-0.2, -0.15) is 0 Å². The number of benzene rings is 2. The molecule has 2 atom stereocenters. The minimum absolute atomic E-state index is 0.0431. The lowest BCUT2D eigenvalue weighted by atomic mass is 9.92. The minimum atomic E-state index is -0.0431. The van der Waals surface area contributed by atoms with Crippen LogP contribution in [0.2, 0.25) is 0 Å². The third kappa shape index (κ3) is 4.04. The summed E-state index contributed by atoms with van der Waals surface area (Å²) < 4.78 is 1.68. The summed E-state index contributed by atoms with van der Waals surface area (Å²) in [6.07, 6.45) is 1.17. The van der Waals surface area contributed by atoms with E-state index in [0.29, 0.717) is 40.2 Å². The zero-order valence-electron chi connectivity index (χ0n) is 17.2. The lowest BCUT2D eigenvalue weighted by Crippen LogP contribution is -2.43. The second-order valence-electron chi connectivity index (χ2n) is 8.19. The van der Waals surface area contributed by atoms with Crippen molar-refractivity contribution >= 4 is 39.3 Å². The Morgan fingerprint density at radius 2 is 1.79 bits per heavy atom. The van der Waals surface area contributed by atoms with E-state index in [-0.39, 0.29) is 11.5 Å². The highest BCUT2D eigenvalue weighted by atomic mass is 32.2. The van der Waals surface area contributed by atoms with E-state index in [2.05, 4.69) is 13.8 Å². The van der Waals surface area contributed by atoms with Gasteiger partial charge < -0.3 is 4.90 Å². The number of piperidine rings is 1. The van der Waals surface area contributed by atoms with Crippen LogP contribution in [-0.2, 0) is 11.3 Å². The van der Waals surface area contributed by atoms with Gasteiger partial charge in [-0.25, -0.2) is 4.98 Å². The fourth-order valence-electron chi connectivity index (χ4n) is 4.36. The second kappa shape index (κ2) is 8.19. The molecule has 1 amide bonds. The normalized spacial score (nSPS) is 19.8. The molecule has 29 heavy (non-hydrogen) atoms. The van der Waals surface area contributed by atoms with Crippen LogP contribution in [0.4, 0.5) is 0 Å². The lowest BCUT2D eigenvalue weighted by Gasteiger charge is -2.35. The number of carbonyl (C=O) groups is 1. The number of rotatable bonds is 4. The quantitative estimate of drug-likeness (QED) is 0.369. The van der Waals surface area contributed by atoms with Crippen LogP contribution in [0.5, 0.6) is 0 Å². The first kappa shape index (κ1) is 20.0. The van der Waals surface area contributed by atoms with Crippen LogP contribution in [0, 0.1) is 11.8 Å². The number of fused-ring (bicyclic) bond motifs is 2. The predicted molar refractivity (Wildman–Crippen MR) is 119 cm³/mol. The summed E-state index contributed by atoms with van der Waals surface area (Å²) in [5.41, 5.74) is 0.645. The molecule has 0 radical (unpaired) electrons. The predicted octanol–water partition coefficient (Wildman–Crippen LogP) is 4.17. The highest BCUT2D eigenvalue weighted by Crippen LogP contribution is 2.25. The van der Waals surface area contributed by atoms with Gasteiger partial charge in [-0.3, -0.25) is 14.2 Å². The summed E-state index contributed by atoms with van der Waals surface area (Å²) in [4.78, 5) is 32.6. The van der Waals surface area contributed by atoms with E-state index in [4.69, 9.17) is 4.98 Å². The van der Waals surface area contributed by atoms with E-state index in [9.17, 15) is 9.59 Å². The first-order valence-corrected chi connectivity index (χ1v) is 11.3. The SMILES string of the molecule is CCn1c(SCC(=O)N2C[C@H](C)C[C@@H](C)C2)nc2cc3ccccc3cc2c1=O. The second-order valence-corrected chi connectivity index (χ2v) is 9.14. The summed E-state index contributed by atoms with van der Waals surface area (Å²) in [5.74, 6) is 1.51. The van der Waals surface area contributed by atoms with Crippen LogP contribution in [0.25, 0.3) is 21.7 Å². The third-order valence-corrected chi connectivity index (χ3v) is 6.61. The first-order chi connectivity index (χ1) is 14.0. The van der Waals surface area contributed by atoms with E-state index in [0.717, 1.165) is 23.9 Å². The van der Waals surface area contributed by atoms with Gasteiger partial charge in [0.1, 0.15) is 0 Å². The molecule has 1 aliphatic rings. The summed E-state index contributed by atoms with van der Waals surface area (Å²) in [7, 11) is 0. The molecular weight excluding hydrogens is 382 g/mol. The van der Waals surface area contributed by atoms with Crippen molar-refractivity contribution < 1.29 is 4.79 Å². The van der Waals surface area contributed by atoms with Crippen LogP contribution in [0.15, 0.2) is 46.3 Å². The molecule has 0 bridgehead atoms. The van der Waals surface area contributed by atoms with E-state index >= 15 is 0 Å². The third-order valence-electron chi connectivity index (χ3n) is 5.65. The summed E-state index contributed by atoms with van der Waals surface area (Å²) >= 11 is 1.37. The summed E-state index contributed by atoms with van der Waals surface area (Å²) in [6, 6.07) is 11.9. The standard InChI is InChI=1S/C23H27N3O2S/c1-4-26-22(28)19-10-17-7-5-6-8-18(17)11-20(19)24-23(26)29-14-21(27)25-12-15(2)9-16(3)13-25/h5-8,10-11,15-16H,4,9,12-14H2,1-3H3/t15-,16-/m1/s1. The van der Waals surface area contributed by atoms with Crippen LogP contribution in [0.1, 0.15) is 27.2 Å². The van der Waals surface area contributed by atoms with Gasteiger partial charge in [-0.1, -0.05) is 49.9 Å². The van der Waals surface area contributed by atoms with Gasteiger partial charge in [0.25, 0.3) is 5.56 Å². The van der Waals surface area contributed by atoms with Gasteiger partial charge in [0.15, 0.2) is 5.16 Å². The largest absolute Gasteiger partial charge is 0.341 e. The van der Waals surface area contributed by atoms with Gasteiger partial charge in [-0.05, 0) is 48.1 Å². The van der Waals surface area contributed by atoms with Crippen molar-refractivity contribution in [3.8, 4) is 0 Å². The summed E-state index contributed by atoms with van der Waals surface area (Å²) in [6.45, 7) is 8.52. The number of hydrogen-bond acceptors (Lipinski definition) is 4. The van der Waals surface area contributed by atoms with E-state index in [1.807, 2.05) is 48.2 Å². The highest BCUT2D eigenvalue weighted by Gasteiger charge is 2.25. The number of aromatic nitrogens is 2. The number of nitrogens with zero attached hydrogens (tertiary/aromatic N) is 3. The van der Waals surface area contributed by atoms with Crippen LogP contribution < -0.4 is 5.56 Å². The number of carbonyl (C=O) groups excluding carboxylic acids is 1. The Morgan fingerprint density at radius 3 is 2.45 bits per heavy atom. The number of likely N-dealkylation sites (tertiary alicyclic amines) is 1. The maximum absolute atomic E-state index is 13.1. The molecule has 0 saturated carbocycles. The van der Waals surface area contributed by atoms with Gasteiger partial charge in [0, 0.05) is 19.6 Å². The van der Waals surface area contributed by atoms with Gasteiger partial charge in [0.2, 0.25) is 5.91 Å². The lowest BCUT2D eigenvalue weighted by molar-refractivity contribution is -0.130. The number of amides is 1. The molecule has 0 N–H and O–H groups in total. The van der Waals surface area contributed by atoms with Crippen LogP contribution >= 0.6 is 11.8 Å². The van der Waals surface area contributed by atoms with Crippen molar-refractivity contribution in [3.63, 3.8) is 0 Å². The van der Waals surface area contributed by atoms with Crippen LogP contribution in [0.3, 0.4) is 0 Å². The Bertz CT molecular complexity index is 1110. The Balaban J connectivity index is 1.63. The molecule has 2 aromatic carbocycles. The zero-order chi connectivity index (χ0) is 20.5. The molecule has 152 valence electrons. The average molecular weight is 410 g/mol. The Hall–Kier alpha value is -2.34. The molecule has 1 fully saturated rings. The molecule has 6 heteroatoms. The van der Waals surface area contributed by atoms with Crippen molar-refractivity contribution in [2.24, 2.45) is 11.8 Å². The highest BCUT2D eigenvalue weighted by molar-refractivity contribution is 7.99. The molecule has 1 saturated heterocycles. The van der Waals surface area contributed by atoms with Gasteiger partial charge in [-0.15, -0.1) is 0 Å². The molecule has 1 aliphatic heterocycles.